The van der Waals surface area contributed by atoms with Crippen molar-refractivity contribution in [2.45, 2.75) is 26.2 Å². The zero-order valence-electron chi connectivity index (χ0n) is 16.3. The third-order valence-electron chi connectivity index (χ3n) is 4.78. The summed E-state index contributed by atoms with van der Waals surface area (Å²) in [6.07, 6.45) is 1.19. The van der Waals surface area contributed by atoms with Crippen molar-refractivity contribution in [1.29, 1.82) is 0 Å². The highest BCUT2D eigenvalue weighted by Gasteiger charge is 2.16. The molecule has 1 saturated heterocycles. The van der Waals surface area contributed by atoms with Gasteiger partial charge in [0.25, 0.3) is 5.56 Å². The number of ether oxygens (including phenoxy) is 1. The topological polar surface area (TPSA) is 87.3 Å². The first-order valence-corrected chi connectivity index (χ1v) is 10.3. The van der Waals surface area contributed by atoms with Crippen LogP contribution in [0.1, 0.15) is 23.2 Å². The second kappa shape index (κ2) is 10.1. The highest BCUT2D eigenvalue weighted by molar-refractivity contribution is 6.34. The van der Waals surface area contributed by atoms with Crippen molar-refractivity contribution in [2.75, 3.05) is 37.7 Å². The summed E-state index contributed by atoms with van der Waals surface area (Å²) in [4.78, 5) is 34.0. The lowest BCUT2D eigenvalue weighted by atomic mass is 10.1. The largest absolute Gasteiger partial charge is 0.378 e. The summed E-state index contributed by atoms with van der Waals surface area (Å²) in [5.74, 6) is 0.443. The smallest absolute Gasteiger partial charge is 0.255 e. The van der Waals surface area contributed by atoms with E-state index >= 15 is 0 Å². The third-order valence-corrected chi connectivity index (χ3v) is 5.22. The maximum absolute atomic E-state index is 12.5. The van der Waals surface area contributed by atoms with Crippen LogP contribution < -0.4 is 15.8 Å². The van der Waals surface area contributed by atoms with Gasteiger partial charge in [0.1, 0.15) is 0 Å². The van der Waals surface area contributed by atoms with Gasteiger partial charge >= 0.3 is 0 Å². The van der Waals surface area contributed by atoms with E-state index in [-0.39, 0.29) is 17.9 Å². The van der Waals surface area contributed by atoms with E-state index in [1.165, 1.54) is 0 Å². The van der Waals surface area contributed by atoms with Crippen LogP contribution in [0.3, 0.4) is 0 Å². The molecule has 1 aliphatic heterocycles. The molecule has 3 rings (SSSR count). The zero-order chi connectivity index (χ0) is 20.8. The third kappa shape index (κ3) is 6.19. The Balaban J connectivity index is 1.51. The lowest BCUT2D eigenvalue weighted by Gasteiger charge is -2.27. The van der Waals surface area contributed by atoms with Crippen molar-refractivity contribution < 1.29 is 9.53 Å². The van der Waals surface area contributed by atoms with E-state index in [4.69, 9.17) is 27.9 Å². The number of rotatable bonds is 7. The molecule has 0 unspecified atom stereocenters. The van der Waals surface area contributed by atoms with E-state index in [2.05, 4.69) is 15.3 Å². The Morgan fingerprint density at radius 3 is 2.55 bits per heavy atom. The summed E-state index contributed by atoms with van der Waals surface area (Å²) in [6.45, 7) is 4.90. The maximum Gasteiger partial charge on any atom is 0.255 e. The summed E-state index contributed by atoms with van der Waals surface area (Å²) in [7, 11) is 0. The number of H-pyrrole nitrogens is 1. The molecule has 0 bridgehead atoms. The van der Waals surface area contributed by atoms with E-state index in [1.54, 1.807) is 13.0 Å². The fourth-order valence-electron chi connectivity index (χ4n) is 3.24. The number of halogens is 2. The number of benzene rings is 1. The molecule has 0 radical (unpaired) electrons. The Kier molecular flexibility index (Phi) is 7.52. The maximum atomic E-state index is 12.5. The normalized spacial score (nSPS) is 14.1. The molecule has 156 valence electrons. The molecule has 1 aromatic carbocycles. The van der Waals surface area contributed by atoms with Gasteiger partial charge in [-0.1, -0.05) is 23.2 Å². The summed E-state index contributed by atoms with van der Waals surface area (Å²) in [5.41, 5.74) is 1.95. The minimum atomic E-state index is -0.194. The van der Waals surface area contributed by atoms with Gasteiger partial charge in [-0.15, -0.1) is 0 Å². The lowest BCUT2D eigenvalue weighted by molar-refractivity contribution is -0.121. The Bertz CT molecular complexity index is 906. The highest BCUT2D eigenvalue weighted by atomic mass is 35.5. The van der Waals surface area contributed by atoms with Crippen LogP contribution >= 0.6 is 23.2 Å². The SMILES string of the molecule is Cc1nc(N2CCOCC2)[nH]c(=O)c1CCC(=O)NCCc1cc(Cl)cc(Cl)c1. The number of morpholine rings is 1. The number of aryl methyl sites for hydroxylation is 1. The molecule has 2 N–H and O–H groups in total. The van der Waals surface area contributed by atoms with Gasteiger partial charge in [-0.05, 0) is 43.5 Å². The van der Waals surface area contributed by atoms with Crippen molar-refractivity contribution in [3.8, 4) is 0 Å². The minimum absolute atomic E-state index is 0.116. The molecule has 29 heavy (non-hydrogen) atoms. The molecule has 9 heteroatoms. The number of hydrogen-bond donors (Lipinski definition) is 2. The Hall–Kier alpha value is -2.09. The van der Waals surface area contributed by atoms with Gasteiger partial charge in [0, 0.05) is 47.4 Å². The predicted octanol–water partition coefficient (Wildman–Crippen LogP) is 2.51. The van der Waals surface area contributed by atoms with Crippen molar-refractivity contribution in [3.05, 3.63) is 55.4 Å². The van der Waals surface area contributed by atoms with Gasteiger partial charge in [-0.3, -0.25) is 14.6 Å². The number of anilines is 1. The van der Waals surface area contributed by atoms with Gasteiger partial charge in [0.05, 0.1) is 13.2 Å². The molecule has 1 aliphatic rings. The molecule has 0 saturated carbocycles. The number of carbonyl (C=O) groups is 1. The minimum Gasteiger partial charge on any atom is -0.378 e. The van der Waals surface area contributed by atoms with E-state index in [0.29, 0.717) is 72.9 Å². The molecular formula is C20H24Cl2N4O3. The molecule has 2 aromatic rings. The number of aromatic amines is 1. The average molecular weight is 439 g/mol. The average Bonchev–Trinajstić information content (AvgIpc) is 2.67. The number of nitrogens with zero attached hydrogens (tertiary/aromatic N) is 2. The summed E-state index contributed by atoms with van der Waals surface area (Å²) in [5, 5.41) is 4.00. The first-order chi connectivity index (χ1) is 13.9. The van der Waals surface area contributed by atoms with Crippen molar-refractivity contribution in [1.82, 2.24) is 15.3 Å². The number of carbonyl (C=O) groups excluding carboxylic acids is 1. The fourth-order valence-corrected chi connectivity index (χ4v) is 3.81. The molecule has 0 spiro atoms. The summed E-state index contributed by atoms with van der Waals surface area (Å²) < 4.78 is 5.32. The first kappa shape index (κ1) is 21.6. The van der Waals surface area contributed by atoms with Crippen molar-refractivity contribution >= 4 is 35.1 Å². The van der Waals surface area contributed by atoms with Crippen LogP contribution in [0.25, 0.3) is 0 Å². The van der Waals surface area contributed by atoms with Crippen LogP contribution in [0.5, 0.6) is 0 Å². The van der Waals surface area contributed by atoms with Crippen molar-refractivity contribution in [3.63, 3.8) is 0 Å². The first-order valence-electron chi connectivity index (χ1n) is 9.56. The number of aromatic nitrogens is 2. The number of amides is 1. The fraction of sp³-hybridized carbons (Fsp3) is 0.450. The highest BCUT2D eigenvalue weighted by Crippen LogP contribution is 2.19. The molecule has 0 aliphatic carbocycles. The van der Waals surface area contributed by atoms with Crippen LogP contribution in [0.2, 0.25) is 10.0 Å². The molecule has 1 amide bonds. The summed E-state index contributed by atoms with van der Waals surface area (Å²) >= 11 is 12.0. The molecule has 7 nitrogen and oxygen atoms in total. The molecular weight excluding hydrogens is 415 g/mol. The van der Waals surface area contributed by atoms with Crippen LogP contribution in [-0.4, -0.2) is 48.7 Å². The quantitative estimate of drug-likeness (QED) is 0.693. The van der Waals surface area contributed by atoms with Gasteiger partial charge in [-0.2, -0.15) is 0 Å². The second-order valence-corrected chi connectivity index (χ2v) is 7.80. The van der Waals surface area contributed by atoms with E-state index in [0.717, 1.165) is 5.56 Å². The Labute approximate surface area is 179 Å². The number of hydrogen-bond acceptors (Lipinski definition) is 5. The number of nitrogens with one attached hydrogen (secondary N) is 2. The molecule has 1 fully saturated rings. The monoisotopic (exact) mass is 438 g/mol. The van der Waals surface area contributed by atoms with E-state index < -0.39 is 0 Å². The Morgan fingerprint density at radius 2 is 1.90 bits per heavy atom. The molecule has 1 aromatic heterocycles. The zero-order valence-corrected chi connectivity index (χ0v) is 17.8. The van der Waals surface area contributed by atoms with Crippen LogP contribution in [0.4, 0.5) is 5.95 Å². The standard InChI is InChI=1S/C20H24Cl2N4O3/c1-13-17(19(28)25-20(24-13)26-6-8-29-9-7-26)2-3-18(27)23-5-4-14-10-15(21)12-16(22)11-14/h10-12H,2-9H2,1H3,(H,23,27)(H,24,25,28). The van der Waals surface area contributed by atoms with Crippen LogP contribution in [0.15, 0.2) is 23.0 Å². The van der Waals surface area contributed by atoms with Crippen LogP contribution in [0, 0.1) is 6.92 Å². The van der Waals surface area contributed by atoms with E-state index in [9.17, 15) is 9.59 Å². The van der Waals surface area contributed by atoms with E-state index in [1.807, 2.05) is 17.0 Å². The Morgan fingerprint density at radius 1 is 1.21 bits per heavy atom. The lowest BCUT2D eigenvalue weighted by Crippen LogP contribution is -2.38. The van der Waals surface area contributed by atoms with Gasteiger partial charge in [-0.25, -0.2) is 4.98 Å². The van der Waals surface area contributed by atoms with Gasteiger partial charge in [0.15, 0.2) is 0 Å². The predicted molar refractivity (Wildman–Crippen MR) is 114 cm³/mol. The summed E-state index contributed by atoms with van der Waals surface area (Å²) in [6, 6.07) is 5.32. The second-order valence-electron chi connectivity index (χ2n) is 6.93. The molecule has 2 heterocycles. The van der Waals surface area contributed by atoms with Gasteiger partial charge in [0.2, 0.25) is 11.9 Å². The van der Waals surface area contributed by atoms with Crippen LogP contribution in [-0.2, 0) is 22.4 Å². The van der Waals surface area contributed by atoms with Gasteiger partial charge < -0.3 is 15.0 Å². The van der Waals surface area contributed by atoms with Crippen molar-refractivity contribution in [2.24, 2.45) is 0 Å². The molecule has 0 atom stereocenters.